The van der Waals surface area contributed by atoms with Crippen LogP contribution in [0.1, 0.15) is 0 Å². The molecular weight excluding hydrogens is 206 g/mol. The third-order valence-corrected chi connectivity index (χ3v) is 7.63. The number of rotatable bonds is 6. The summed E-state index contributed by atoms with van der Waals surface area (Å²) in [5, 5.41) is 0. The molecule has 0 fully saturated rings. The van der Waals surface area contributed by atoms with Crippen molar-refractivity contribution in [1.29, 1.82) is 0 Å². The molecule has 80 valence electrons. The Bertz CT molecular complexity index is 134. The van der Waals surface area contributed by atoms with E-state index in [0.29, 0.717) is 0 Å². The lowest BCUT2D eigenvalue weighted by molar-refractivity contribution is -0.0732. The molecule has 0 aromatic carbocycles. The summed E-state index contributed by atoms with van der Waals surface area (Å²) in [7, 11) is 2.41. The van der Waals surface area contributed by atoms with Gasteiger partial charge in [0.25, 0.3) is 0 Å². The van der Waals surface area contributed by atoms with Crippen LogP contribution < -0.4 is 0 Å². The molecule has 7 heteroatoms. The molecule has 0 heterocycles. The Kier molecular flexibility index (Phi) is 5.96. The third-order valence-electron chi connectivity index (χ3n) is 1.71. The molecule has 0 amide bonds. The second kappa shape index (κ2) is 5.86. The van der Waals surface area contributed by atoms with Gasteiger partial charge in [-0.1, -0.05) is 13.1 Å². The summed E-state index contributed by atoms with van der Waals surface area (Å²) < 4.78 is 17.6. The Hall–Kier alpha value is 0.234. The standard InChI is InChI=1S/C6H19NO4Si2/c1-8-7(12(5)6)13(9-2,10-3)11-4/h12H,1-6H3. The fourth-order valence-electron chi connectivity index (χ4n) is 1.16. The highest BCUT2D eigenvalue weighted by Gasteiger charge is 2.48. The van der Waals surface area contributed by atoms with Gasteiger partial charge < -0.3 is 18.1 Å². The number of hydrogen-bond donors (Lipinski definition) is 0. The zero-order valence-electron chi connectivity index (χ0n) is 9.16. The topological polar surface area (TPSA) is 40.2 Å². The van der Waals surface area contributed by atoms with E-state index >= 15 is 0 Å². The monoisotopic (exact) mass is 225 g/mol. The molecule has 5 nitrogen and oxygen atoms in total. The summed E-state index contributed by atoms with van der Waals surface area (Å²) in [5.41, 5.74) is 0. The Morgan fingerprint density at radius 1 is 0.923 bits per heavy atom. The van der Waals surface area contributed by atoms with Crippen LogP contribution in [0.15, 0.2) is 0 Å². The highest BCUT2D eigenvalue weighted by atomic mass is 28.4. The lowest BCUT2D eigenvalue weighted by atomic mass is 11.7. The van der Waals surface area contributed by atoms with E-state index in [1.807, 2.05) is 0 Å². The lowest BCUT2D eigenvalue weighted by Gasteiger charge is -2.35. The molecule has 0 spiro atoms. The van der Waals surface area contributed by atoms with Crippen LogP contribution in [0.5, 0.6) is 0 Å². The smallest absolute Gasteiger partial charge is 0.364 e. The molecule has 0 aliphatic heterocycles. The molecular formula is C6H19NO4Si2. The number of hydrogen-bond acceptors (Lipinski definition) is 5. The Balaban J connectivity index is 4.65. The second-order valence-electron chi connectivity index (χ2n) is 2.74. The average molecular weight is 225 g/mol. The van der Waals surface area contributed by atoms with E-state index in [2.05, 4.69) is 13.1 Å². The summed E-state index contributed by atoms with van der Waals surface area (Å²) >= 11 is 0. The first-order valence-electron chi connectivity index (χ1n) is 4.06. The highest BCUT2D eigenvalue weighted by molar-refractivity contribution is 6.71. The van der Waals surface area contributed by atoms with Gasteiger partial charge in [0.1, 0.15) is 8.96 Å². The molecule has 0 atom stereocenters. The van der Waals surface area contributed by atoms with Crippen molar-refractivity contribution in [3.05, 3.63) is 0 Å². The summed E-state index contributed by atoms with van der Waals surface area (Å²) in [6.07, 6.45) is 0. The number of nitrogens with zero attached hydrogens (tertiary/aromatic N) is 1. The normalized spacial score (nSPS) is 12.9. The molecule has 13 heavy (non-hydrogen) atoms. The van der Waals surface area contributed by atoms with Gasteiger partial charge in [-0.05, 0) is 0 Å². The molecule has 0 radical (unpaired) electrons. The molecule has 0 aliphatic rings. The van der Waals surface area contributed by atoms with Gasteiger partial charge in [-0.2, -0.15) is 4.39 Å². The Morgan fingerprint density at radius 2 is 1.31 bits per heavy atom. The van der Waals surface area contributed by atoms with E-state index in [1.54, 1.807) is 32.8 Å². The van der Waals surface area contributed by atoms with Gasteiger partial charge in [0, 0.05) is 21.3 Å². The van der Waals surface area contributed by atoms with Gasteiger partial charge in [0.2, 0.25) is 0 Å². The van der Waals surface area contributed by atoms with E-state index in [0.717, 1.165) is 0 Å². The van der Waals surface area contributed by atoms with Gasteiger partial charge in [-0.3, -0.25) is 0 Å². The van der Waals surface area contributed by atoms with Gasteiger partial charge >= 0.3 is 8.97 Å². The van der Waals surface area contributed by atoms with Crippen LogP contribution in [-0.4, -0.2) is 50.8 Å². The molecule has 0 aromatic rings. The zero-order chi connectivity index (χ0) is 10.5. The summed E-state index contributed by atoms with van der Waals surface area (Å²) in [5.74, 6) is 0. The summed E-state index contributed by atoms with van der Waals surface area (Å²) in [6, 6.07) is 0. The van der Waals surface area contributed by atoms with Crippen molar-refractivity contribution in [3.63, 3.8) is 0 Å². The van der Waals surface area contributed by atoms with Crippen molar-refractivity contribution >= 4 is 17.9 Å². The average Bonchev–Trinajstić information content (AvgIpc) is 2.13. The first-order chi connectivity index (χ1) is 6.07. The second-order valence-corrected chi connectivity index (χ2v) is 8.62. The SMILES string of the molecule is CON([SiH](C)C)[Si](OC)(OC)OC. The first kappa shape index (κ1) is 13.2. The molecule has 0 saturated heterocycles. The molecule has 0 aliphatic carbocycles. The molecule has 0 unspecified atom stereocenters. The van der Waals surface area contributed by atoms with Gasteiger partial charge in [0.15, 0.2) is 0 Å². The Morgan fingerprint density at radius 3 is 1.38 bits per heavy atom. The molecule has 0 N–H and O–H groups in total. The van der Waals surface area contributed by atoms with Crippen LogP contribution in [0.25, 0.3) is 0 Å². The van der Waals surface area contributed by atoms with Crippen molar-refractivity contribution in [2.75, 3.05) is 28.4 Å². The highest BCUT2D eigenvalue weighted by Crippen LogP contribution is 2.14. The first-order valence-corrected chi connectivity index (χ1v) is 8.56. The van der Waals surface area contributed by atoms with E-state index < -0.39 is 17.9 Å². The largest absolute Gasteiger partial charge is 0.615 e. The maximum Gasteiger partial charge on any atom is 0.615 e. The van der Waals surface area contributed by atoms with Gasteiger partial charge in [0.05, 0.1) is 7.11 Å². The van der Waals surface area contributed by atoms with Crippen molar-refractivity contribution < 1.29 is 18.1 Å². The zero-order valence-corrected chi connectivity index (χ0v) is 11.3. The fraction of sp³-hybridized carbons (Fsp3) is 1.00. The molecule has 0 bridgehead atoms. The van der Waals surface area contributed by atoms with E-state index in [4.69, 9.17) is 18.1 Å². The van der Waals surface area contributed by atoms with Crippen LogP contribution in [0.3, 0.4) is 0 Å². The Labute approximate surface area is 82.6 Å². The van der Waals surface area contributed by atoms with Gasteiger partial charge in [-0.25, -0.2) is 0 Å². The predicted octanol–water partition coefficient (Wildman–Crippen LogP) is 0.208. The van der Waals surface area contributed by atoms with Crippen LogP contribution in [0.2, 0.25) is 13.1 Å². The van der Waals surface area contributed by atoms with Crippen molar-refractivity contribution in [3.8, 4) is 0 Å². The molecule has 0 aromatic heterocycles. The molecule has 0 saturated carbocycles. The van der Waals surface area contributed by atoms with Gasteiger partial charge in [-0.15, -0.1) is 0 Å². The predicted molar refractivity (Wildman–Crippen MR) is 54.5 cm³/mol. The van der Waals surface area contributed by atoms with E-state index in [9.17, 15) is 0 Å². The van der Waals surface area contributed by atoms with E-state index in [-0.39, 0.29) is 0 Å². The summed E-state index contributed by atoms with van der Waals surface area (Å²) in [6.45, 7) is 4.23. The molecule has 0 rings (SSSR count). The van der Waals surface area contributed by atoms with Crippen molar-refractivity contribution in [2.45, 2.75) is 13.1 Å². The minimum Gasteiger partial charge on any atom is -0.364 e. The van der Waals surface area contributed by atoms with Crippen LogP contribution in [0, 0.1) is 0 Å². The van der Waals surface area contributed by atoms with Crippen LogP contribution >= 0.6 is 0 Å². The fourth-order valence-corrected chi connectivity index (χ4v) is 6.32. The third kappa shape index (κ3) is 2.84. The maximum atomic E-state index is 5.28. The quantitative estimate of drug-likeness (QED) is 0.477. The summed E-state index contributed by atoms with van der Waals surface area (Å²) in [4.78, 5) is 5.23. The van der Waals surface area contributed by atoms with Crippen LogP contribution in [-0.2, 0) is 18.1 Å². The lowest BCUT2D eigenvalue weighted by Crippen LogP contribution is -2.62. The van der Waals surface area contributed by atoms with E-state index in [1.165, 1.54) is 0 Å². The maximum absolute atomic E-state index is 5.28. The van der Waals surface area contributed by atoms with Crippen molar-refractivity contribution in [1.82, 2.24) is 4.39 Å². The minimum atomic E-state index is -2.74. The van der Waals surface area contributed by atoms with Crippen LogP contribution in [0.4, 0.5) is 0 Å². The minimum absolute atomic E-state index is 1.17. The van der Waals surface area contributed by atoms with Crippen molar-refractivity contribution in [2.24, 2.45) is 0 Å².